The van der Waals surface area contributed by atoms with Gasteiger partial charge in [-0.1, -0.05) is 39.0 Å². The molecule has 1 N–H and O–H groups in total. The zero-order valence-corrected chi connectivity index (χ0v) is 19.3. The van der Waals surface area contributed by atoms with Gasteiger partial charge in [0.1, 0.15) is 0 Å². The van der Waals surface area contributed by atoms with Crippen molar-refractivity contribution in [2.75, 3.05) is 6.61 Å². The second-order valence-electron chi connectivity index (χ2n) is 8.26. The molecule has 2 aromatic carbocycles. The fourth-order valence-corrected chi connectivity index (χ4v) is 4.08. The van der Waals surface area contributed by atoms with Crippen LogP contribution in [0.2, 0.25) is 0 Å². The van der Waals surface area contributed by atoms with Crippen LogP contribution in [0.1, 0.15) is 56.8 Å². The van der Waals surface area contributed by atoms with Gasteiger partial charge >= 0.3 is 5.97 Å². The molecule has 0 radical (unpaired) electrons. The molecule has 0 aliphatic heterocycles. The van der Waals surface area contributed by atoms with Crippen LogP contribution >= 0.6 is 0 Å². The monoisotopic (exact) mass is 434 g/mol. The van der Waals surface area contributed by atoms with Crippen LogP contribution in [0, 0.1) is 31.2 Å². The molecule has 164 valence electrons. The first kappa shape index (κ1) is 24.1. The van der Waals surface area contributed by atoms with Crippen molar-refractivity contribution in [2.24, 2.45) is 0 Å². The van der Waals surface area contributed by atoms with Crippen molar-refractivity contribution in [3.63, 3.8) is 0 Å². The number of nitrogens with one attached hydrogen (secondary N) is 1. The van der Waals surface area contributed by atoms with Gasteiger partial charge in [0.05, 0.1) is 13.0 Å². The van der Waals surface area contributed by atoms with E-state index in [0.717, 1.165) is 16.7 Å². The highest BCUT2D eigenvalue weighted by molar-refractivity contribution is 7.85. The second-order valence-corrected chi connectivity index (χ2v) is 10.4. The van der Waals surface area contributed by atoms with E-state index in [-0.39, 0.29) is 23.3 Å². The SMILES string of the molecule is C#[S-](N[C@@H](CC(=O)OCC)c1cc(-c2c(C)cccc2C)cc(F)c1F)C(C)(C)C. The van der Waals surface area contributed by atoms with E-state index in [2.05, 4.69) is 4.72 Å². The Morgan fingerprint density at radius 3 is 2.33 bits per heavy atom. The lowest BCUT2D eigenvalue weighted by Crippen LogP contribution is -2.35. The third-order valence-corrected chi connectivity index (χ3v) is 6.66. The van der Waals surface area contributed by atoms with Crippen LogP contribution in [-0.4, -0.2) is 17.3 Å². The lowest BCUT2D eigenvalue weighted by molar-refractivity contribution is -0.143. The van der Waals surface area contributed by atoms with Crippen LogP contribution < -0.4 is 4.72 Å². The average molecular weight is 435 g/mol. The molecule has 0 aliphatic carbocycles. The van der Waals surface area contributed by atoms with Crippen molar-refractivity contribution in [1.82, 2.24) is 4.72 Å². The maximum atomic E-state index is 14.9. The fourth-order valence-electron chi connectivity index (χ4n) is 3.21. The van der Waals surface area contributed by atoms with Crippen LogP contribution in [0.5, 0.6) is 0 Å². The summed E-state index contributed by atoms with van der Waals surface area (Å²) in [6, 6.07) is 7.74. The minimum absolute atomic E-state index is 0.0629. The molecule has 1 atom stereocenters. The van der Waals surface area contributed by atoms with Gasteiger partial charge in [0.2, 0.25) is 0 Å². The third-order valence-electron chi connectivity index (χ3n) is 4.81. The molecular formula is C24H30F2NO2S-. The zero-order valence-electron chi connectivity index (χ0n) is 18.4. The summed E-state index contributed by atoms with van der Waals surface area (Å²) < 4.78 is 37.4. The van der Waals surface area contributed by atoms with Gasteiger partial charge in [0, 0.05) is 11.6 Å². The Bertz CT molecular complexity index is 982. The Kier molecular flexibility index (Phi) is 7.87. The molecule has 2 aromatic rings. The number of halogens is 2. The molecule has 2 rings (SSSR count). The number of hydrogen-bond donors (Lipinski definition) is 1. The van der Waals surface area contributed by atoms with E-state index < -0.39 is 34.1 Å². The van der Waals surface area contributed by atoms with Crippen LogP contribution in [0.25, 0.3) is 11.1 Å². The van der Waals surface area contributed by atoms with Crippen molar-refractivity contribution in [2.45, 2.75) is 58.8 Å². The van der Waals surface area contributed by atoms with Crippen LogP contribution in [-0.2, 0) is 20.0 Å². The molecule has 0 aromatic heterocycles. The number of aryl methyl sites for hydroxylation is 2. The van der Waals surface area contributed by atoms with Gasteiger partial charge in [-0.05, 0) is 55.2 Å². The maximum absolute atomic E-state index is 14.9. The molecule has 6 heteroatoms. The summed E-state index contributed by atoms with van der Waals surface area (Å²) in [6.45, 7) is 11.6. The standard InChI is InChI=1S/C24H30F2NO2S/c1-8-29-21(28)14-20(27-30(7)24(4,5)6)18-12-17(13-19(25)23(18)26)22-15(2)10-9-11-16(22)3/h7,9-13,20,27H,8,14H2,1-6H3/q-1/t20-/m0/s1. The highest BCUT2D eigenvalue weighted by Crippen LogP contribution is 2.33. The summed E-state index contributed by atoms with van der Waals surface area (Å²) >= 11 is 0. The van der Waals surface area contributed by atoms with Gasteiger partial charge in [-0.15, -0.1) is 4.75 Å². The summed E-state index contributed by atoms with van der Waals surface area (Å²) in [6.07, 6.45) is -0.156. The molecule has 0 unspecified atom stereocenters. The zero-order chi connectivity index (χ0) is 22.6. The van der Waals surface area contributed by atoms with E-state index in [9.17, 15) is 13.6 Å². The topological polar surface area (TPSA) is 38.3 Å². The average Bonchev–Trinajstić information content (AvgIpc) is 2.63. The minimum atomic E-state index is -0.988. The second kappa shape index (κ2) is 9.78. The van der Waals surface area contributed by atoms with Gasteiger partial charge in [0.15, 0.2) is 11.6 Å². The van der Waals surface area contributed by atoms with Gasteiger partial charge in [-0.3, -0.25) is 4.79 Å². The van der Waals surface area contributed by atoms with Crippen molar-refractivity contribution in [1.29, 1.82) is 0 Å². The van der Waals surface area contributed by atoms with Crippen molar-refractivity contribution >= 4 is 16.5 Å². The molecule has 0 heterocycles. The Balaban J connectivity index is 2.60. The normalized spacial score (nSPS) is 12.8. The molecule has 3 nitrogen and oxygen atoms in total. The van der Waals surface area contributed by atoms with E-state index in [1.165, 1.54) is 6.07 Å². The number of esters is 1. The number of hydrogen-bond acceptors (Lipinski definition) is 4. The number of ether oxygens (including phenoxy) is 1. The smallest absolute Gasteiger partial charge is 0.307 e. The molecule has 30 heavy (non-hydrogen) atoms. The molecule has 0 amide bonds. The molecule has 0 spiro atoms. The summed E-state index contributed by atoms with van der Waals surface area (Å²) in [5.74, 6) is -2.45. The first-order valence-electron chi connectivity index (χ1n) is 9.91. The summed E-state index contributed by atoms with van der Waals surface area (Å²) in [7, 11) is -0.860. The molecule has 0 saturated carbocycles. The Morgan fingerprint density at radius 2 is 1.80 bits per heavy atom. The van der Waals surface area contributed by atoms with E-state index in [1.54, 1.807) is 13.0 Å². The van der Waals surface area contributed by atoms with E-state index in [1.807, 2.05) is 52.8 Å². The van der Waals surface area contributed by atoms with E-state index in [4.69, 9.17) is 10.4 Å². The molecule has 0 aliphatic rings. The number of benzene rings is 2. The molecule has 0 saturated heterocycles. The summed E-state index contributed by atoms with van der Waals surface area (Å²) in [4.78, 5) is 12.2. The van der Waals surface area contributed by atoms with Crippen molar-refractivity contribution in [3.05, 3.63) is 58.7 Å². The van der Waals surface area contributed by atoms with E-state index >= 15 is 0 Å². The van der Waals surface area contributed by atoms with Gasteiger partial charge in [-0.25, -0.2) is 8.78 Å². The van der Waals surface area contributed by atoms with E-state index in [0.29, 0.717) is 5.56 Å². The summed E-state index contributed by atoms with van der Waals surface area (Å²) in [5.41, 5.74) is 9.64. The lowest BCUT2D eigenvalue weighted by atomic mass is 9.92. The number of carbonyl (C=O) groups excluding carboxylic acids is 1. The maximum Gasteiger partial charge on any atom is 0.307 e. The lowest BCUT2D eigenvalue weighted by Gasteiger charge is -2.39. The van der Waals surface area contributed by atoms with Gasteiger partial charge < -0.3 is 25.6 Å². The van der Waals surface area contributed by atoms with Crippen molar-refractivity contribution < 1.29 is 18.3 Å². The first-order chi connectivity index (χ1) is 14.0. The Hall–Kier alpha value is -2.14. The third kappa shape index (κ3) is 5.72. The van der Waals surface area contributed by atoms with Gasteiger partial charge in [0.25, 0.3) is 0 Å². The Morgan fingerprint density at radius 1 is 1.20 bits per heavy atom. The highest BCUT2D eigenvalue weighted by Gasteiger charge is 2.23. The van der Waals surface area contributed by atoms with Crippen LogP contribution in [0.3, 0.4) is 0 Å². The first-order valence-corrected chi connectivity index (χ1v) is 11.2. The molecular weight excluding hydrogens is 404 g/mol. The number of rotatable bonds is 6. The predicted molar refractivity (Wildman–Crippen MR) is 120 cm³/mol. The molecule has 0 fully saturated rings. The highest BCUT2D eigenvalue weighted by atomic mass is 32.2. The summed E-state index contributed by atoms with van der Waals surface area (Å²) in [5, 5.41) is 0. The largest absolute Gasteiger partial charge is 0.466 e. The number of carbonyl (C=O) groups is 1. The Labute approximate surface area is 180 Å². The fraction of sp³-hybridized carbons (Fsp3) is 0.417. The van der Waals surface area contributed by atoms with Gasteiger partial charge in [-0.2, -0.15) is 0 Å². The minimum Gasteiger partial charge on any atom is -0.466 e. The molecule has 0 bridgehead atoms. The van der Waals surface area contributed by atoms with Crippen molar-refractivity contribution in [3.8, 4) is 16.8 Å². The van der Waals surface area contributed by atoms with Crippen LogP contribution in [0.4, 0.5) is 8.78 Å². The quantitative estimate of drug-likeness (QED) is 0.464. The predicted octanol–water partition coefficient (Wildman–Crippen LogP) is 5.75. The van der Waals surface area contributed by atoms with Crippen LogP contribution in [0.15, 0.2) is 30.3 Å².